The second kappa shape index (κ2) is 3.77. The van der Waals surface area contributed by atoms with Gasteiger partial charge in [0.05, 0.1) is 0 Å². The van der Waals surface area contributed by atoms with Crippen LogP contribution in [0.1, 0.15) is 22.3 Å². The zero-order chi connectivity index (χ0) is 11.7. The van der Waals surface area contributed by atoms with Crippen molar-refractivity contribution >= 4 is 23.3 Å². The van der Waals surface area contributed by atoms with E-state index in [0.717, 1.165) is 5.56 Å². The van der Waals surface area contributed by atoms with Crippen molar-refractivity contribution in [2.45, 2.75) is 12.8 Å². The number of carbonyl (C=O) groups is 3. The highest BCUT2D eigenvalue weighted by Crippen LogP contribution is 2.23. The Bertz CT molecular complexity index is 493. The molecule has 1 aliphatic rings. The van der Waals surface area contributed by atoms with Gasteiger partial charge in [-0.05, 0) is 30.2 Å². The zero-order valence-corrected chi connectivity index (χ0v) is 8.32. The second-order valence-corrected chi connectivity index (χ2v) is 3.55. The van der Waals surface area contributed by atoms with Gasteiger partial charge in [-0.3, -0.25) is 9.59 Å². The first kappa shape index (κ1) is 10.4. The van der Waals surface area contributed by atoms with Gasteiger partial charge in [-0.1, -0.05) is 0 Å². The largest absolute Gasteiger partial charge is 0.475 e. The van der Waals surface area contributed by atoms with Gasteiger partial charge in [0.1, 0.15) is 0 Å². The molecule has 1 amide bonds. The number of aryl methyl sites for hydroxylation is 1. The molecule has 1 aromatic rings. The quantitative estimate of drug-likeness (QED) is 0.570. The van der Waals surface area contributed by atoms with E-state index in [1.165, 1.54) is 12.1 Å². The third-order valence-electron chi connectivity index (χ3n) is 2.46. The molecule has 0 saturated carbocycles. The molecule has 5 heteroatoms. The number of nitrogens with one attached hydrogen (secondary N) is 1. The third-order valence-corrected chi connectivity index (χ3v) is 2.46. The van der Waals surface area contributed by atoms with Crippen LogP contribution in [0.25, 0.3) is 0 Å². The Hall–Kier alpha value is -2.17. The van der Waals surface area contributed by atoms with E-state index in [4.69, 9.17) is 5.11 Å². The summed E-state index contributed by atoms with van der Waals surface area (Å²) < 4.78 is 0. The molecule has 0 saturated heterocycles. The highest BCUT2D eigenvalue weighted by atomic mass is 16.4. The van der Waals surface area contributed by atoms with E-state index in [0.29, 0.717) is 18.5 Å². The lowest BCUT2D eigenvalue weighted by Crippen LogP contribution is -2.20. The van der Waals surface area contributed by atoms with Crippen molar-refractivity contribution in [2.24, 2.45) is 0 Å². The van der Waals surface area contributed by atoms with E-state index in [1.807, 2.05) is 0 Å². The van der Waals surface area contributed by atoms with E-state index < -0.39 is 11.8 Å². The van der Waals surface area contributed by atoms with E-state index in [2.05, 4.69) is 5.32 Å². The lowest BCUT2D eigenvalue weighted by molar-refractivity contribution is -0.131. The van der Waals surface area contributed by atoms with Crippen LogP contribution in [0.4, 0.5) is 5.69 Å². The van der Waals surface area contributed by atoms with Crippen molar-refractivity contribution in [2.75, 3.05) is 5.32 Å². The molecule has 5 nitrogen and oxygen atoms in total. The molecule has 0 bridgehead atoms. The average molecular weight is 219 g/mol. The minimum Gasteiger partial charge on any atom is -0.475 e. The molecule has 0 fully saturated rings. The normalized spacial score (nSPS) is 13.9. The minimum absolute atomic E-state index is 0.0650. The minimum atomic E-state index is -1.47. The first-order valence-corrected chi connectivity index (χ1v) is 4.78. The number of ketones is 1. The predicted molar refractivity (Wildman–Crippen MR) is 55.4 cm³/mol. The number of amides is 1. The summed E-state index contributed by atoms with van der Waals surface area (Å²) in [5, 5.41) is 11.2. The molecule has 0 aliphatic carbocycles. The summed E-state index contributed by atoms with van der Waals surface area (Å²) >= 11 is 0. The van der Waals surface area contributed by atoms with Crippen LogP contribution in [-0.4, -0.2) is 22.8 Å². The van der Waals surface area contributed by atoms with Crippen molar-refractivity contribution in [1.29, 1.82) is 0 Å². The number of carboxylic acid groups (broad SMARTS) is 1. The number of carboxylic acids is 1. The fraction of sp³-hybridized carbons (Fsp3) is 0.182. The highest BCUT2D eigenvalue weighted by Gasteiger charge is 2.19. The molecule has 1 heterocycles. The van der Waals surface area contributed by atoms with Crippen LogP contribution in [0.3, 0.4) is 0 Å². The first-order valence-electron chi connectivity index (χ1n) is 4.78. The molecule has 0 aromatic heterocycles. The predicted octanol–water partition coefficient (Wildman–Crippen LogP) is 0.839. The third kappa shape index (κ3) is 1.79. The summed E-state index contributed by atoms with van der Waals surface area (Å²) in [5.41, 5.74) is 1.59. The molecule has 1 aliphatic heterocycles. The molecule has 1 aromatic carbocycles. The summed E-state index contributed by atoms with van der Waals surface area (Å²) in [6.07, 6.45) is 0.889. The number of fused-ring (bicyclic) bond motifs is 1. The number of benzene rings is 1. The Labute approximate surface area is 91.1 Å². The molecule has 2 rings (SSSR count). The first-order chi connectivity index (χ1) is 7.58. The molecule has 16 heavy (non-hydrogen) atoms. The molecular formula is C11H9NO4. The monoisotopic (exact) mass is 219 g/mol. The fourth-order valence-electron chi connectivity index (χ4n) is 1.65. The van der Waals surface area contributed by atoms with Crippen molar-refractivity contribution < 1.29 is 19.5 Å². The van der Waals surface area contributed by atoms with Crippen molar-refractivity contribution in [1.82, 2.24) is 0 Å². The van der Waals surface area contributed by atoms with Gasteiger partial charge in [0.25, 0.3) is 5.78 Å². The maximum Gasteiger partial charge on any atom is 0.377 e. The molecule has 0 unspecified atom stereocenters. The summed E-state index contributed by atoms with van der Waals surface area (Å²) in [6.45, 7) is 0. The number of Topliss-reactive ketones (excluding diaryl/α,β-unsaturated/α-hetero) is 1. The van der Waals surface area contributed by atoms with Crippen molar-refractivity contribution in [3.8, 4) is 0 Å². The summed E-state index contributed by atoms with van der Waals surface area (Å²) in [4.78, 5) is 32.8. The Morgan fingerprint density at radius 1 is 1.25 bits per heavy atom. The van der Waals surface area contributed by atoms with Crippen LogP contribution >= 0.6 is 0 Å². The summed E-state index contributed by atoms with van der Waals surface area (Å²) in [6, 6.07) is 4.48. The van der Waals surface area contributed by atoms with E-state index in [9.17, 15) is 14.4 Å². The molecular weight excluding hydrogens is 210 g/mol. The average Bonchev–Trinajstić information content (AvgIpc) is 2.27. The summed E-state index contributed by atoms with van der Waals surface area (Å²) in [5.74, 6) is -2.47. The standard InChI is InChI=1S/C11H9NO4/c13-9-4-2-6-5-7(10(14)11(15)16)1-3-8(6)12-9/h1,3,5H,2,4H2,(H,12,13)(H,15,16). The molecule has 0 atom stereocenters. The molecule has 2 N–H and O–H groups in total. The lowest BCUT2D eigenvalue weighted by atomic mass is 9.99. The van der Waals surface area contributed by atoms with Crippen LogP contribution in [0.2, 0.25) is 0 Å². The topological polar surface area (TPSA) is 83.5 Å². The van der Waals surface area contributed by atoms with E-state index >= 15 is 0 Å². The van der Waals surface area contributed by atoms with Crippen LogP contribution < -0.4 is 5.32 Å². The number of anilines is 1. The van der Waals surface area contributed by atoms with Crippen LogP contribution in [-0.2, 0) is 16.0 Å². The van der Waals surface area contributed by atoms with Gasteiger partial charge in [0, 0.05) is 17.7 Å². The van der Waals surface area contributed by atoms with Crippen LogP contribution in [0.5, 0.6) is 0 Å². The van der Waals surface area contributed by atoms with Crippen molar-refractivity contribution in [3.05, 3.63) is 29.3 Å². The number of hydrogen-bond acceptors (Lipinski definition) is 3. The maximum absolute atomic E-state index is 11.2. The number of carbonyl (C=O) groups excluding carboxylic acids is 2. The van der Waals surface area contributed by atoms with Crippen LogP contribution in [0, 0.1) is 0 Å². The SMILES string of the molecule is O=C1CCc2cc(C(=O)C(=O)O)ccc2N1. The van der Waals surface area contributed by atoms with Gasteiger partial charge in [-0.2, -0.15) is 0 Å². The van der Waals surface area contributed by atoms with E-state index in [-0.39, 0.29) is 11.5 Å². The Kier molecular flexibility index (Phi) is 2.44. The zero-order valence-electron chi connectivity index (χ0n) is 8.32. The van der Waals surface area contributed by atoms with Gasteiger partial charge in [-0.25, -0.2) is 4.79 Å². The Morgan fingerprint density at radius 3 is 2.69 bits per heavy atom. The smallest absolute Gasteiger partial charge is 0.377 e. The van der Waals surface area contributed by atoms with Gasteiger partial charge in [-0.15, -0.1) is 0 Å². The fourth-order valence-corrected chi connectivity index (χ4v) is 1.65. The number of rotatable bonds is 2. The number of aliphatic carboxylic acids is 1. The number of hydrogen-bond donors (Lipinski definition) is 2. The molecule has 0 radical (unpaired) electrons. The Balaban J connectivity index is 2.36. The van der Waals surface area contributed by atoms with Gasteiger partial charge in [0.2, 0.25) is 5.91 Å². The van der Waals surface area contributed by atoms with Gasteiger partial charge < -0.3 is 10.4 Å². The second-order valence-electron chi connectivity index (χ2n) is 3.55. The van der Waals surface area contributed by atoms with Gasteiger partial charge in [0.15, 0.2) is 0 Å². The van der Waals surface area contributed by atoms with Gasteiger partial charge >= 0.3 is 5.97 Å². The molecule has 82 valence electrons. The molecule has 0 spiro atoms. The maximum atomic E-state index is 11.2. The summed E-state index contributed by atoms with van der Waals surface area (Å²) in [7, 11) is 0. The van der Waals surface area contributed by atoms with E-state index in [1.54, 1.807) is 6.07 Å². The van der Waals surface area contributed by atoms with Crippen LogP contribution in [0.15, 0.2) is 18.2 Å². The van der Waals surface area contributed by atoms with Crippen molar-refractivity contribution in [3.63, 3.8) is 0 Å². The Morgan fingerprint density at radius 2 is 2.00 bits per heavy atom. The highest BCUT2D eigenvalue weighted by molar-refractivity contribution is 6.39. The lowest BCUT2D eigenvalue weighted by Gasteiger charge is -2.16.